The van der Waals surface area contributed by atoms with Crippen LogP contribution in [0.15, 0.2) is 71.6 Å². The number of hydrogen-bond donors (Lipinski definition) is 1. The third-order valence-electron chi connectivity index (χ3n) is 8.19. The molecule has 2 fully saturated rings. The highest BCUT2D eigenvalue weighted by molar-refractivity contribution is 8.00. The predicted molar refractivity (Wildman–Crippen MR) is 166 cm³/mol. The molecule has 12 heteroatoms. The van der Waals surface area contributed by atoms with Crippen LogP contribution in [0.1, 0.15) is 42.9 Å². The number of carbonyl (C=O) groups excluding carboxylic acids is 1. The normalized spacial score (nSPS) is 18.6. The lowest BCUT2D eigenvalue weighted by molar-refractivity contribution is -0.0328. The van der Waals surface area contributed by atoms with Gasteiger partial charge in [-0.15, -0.1) is 0 Å². The smallest absolute Gasteiger partial charge is 0.446 e. The largest absolute Gasteiger partial charge is 0.493 e. The number of nitriles is 1. The van der Waals surface area contributed by atoms with Crippen LogP contribution in [0.2, 0.25) is 0 Å². The highest BCUT2D eigenvalue weighted by Crippen LogP contribution is 2.38. The quantitative estimate of drug-likeness (QED) is 0.218. The number of nitrogens with one attached hydrogen (secondary N) is 1. The van der Waals surface area contributed by atoms with E-state index >= 15 is 0 Å². The maximum atomic E-state index is 13.0. The number of likely N-dealkylation sites (tertiary alicyclic amines) is 1. The van der Waals surface area contributed by atoms with Gasteiger partial charge >= 0.3 is 11.5 Å². The molecule has 3 aromatic carbocycles. The molecule has 8 nitrogen and oxygen atoms in total. The van der Waals surface area contributed by atoms with Crippen molar-refractivity contribution >= 4 is 23.5 Å². The van der Waals surface area contributed by atoms with E-state index in [0.29, 0.717) is 41.6 Å². The molecule has 2 heterocycles. The van der Waals surface area contributed by atoms with Crippen LogP contribution in [-0.4, -0.2) is 67.3 Å². The van der Waals surface area contributed by atoms with Gasteiger partial charge in [-0.25, -0.2) is 4.79 Å². The molecule has 1 N–H and O–H groups in total. The van der Waals surface area contributed by atoms with Crippen molar-refractivity contribution in [2.24, 2.45) is 0 Å². The number of amides is 2. The van der Waals surface area contributed by atoms with E-state index in [1.54, 1.807) is 43.4 Å². The Bertz CT molecular complexity index is 1480. The van der Waals surface area contributed by atoms with Crippen LogP contribution in [0.4, 0.5) is 23.7 Å². The van der Waals surface area contributed by atoms with Crippen LogP contribution in [0.5, 0.6) is 17.2 Å². The number of carbonyl (C=O) groups is 1. The Morgan fingerprint density at radius 2 is 1.67 bits per heavy atom. The van der Waals surface area contributed by atoms with Crippen LogP contribution in [-0.2, 0) is 0 Å². The van der Waals surface area contributed by atoms with E-state index in [-0.39, 0.29) is 40.9 Å². The lowest BCUT2D eigenvalue weighted by Crippen LogP contribution is -2.56. The first-order chi connectivity index (χ1) is 21.6. The minimum absolute atomic E-state index is 0.0719. The van der Waals surface area contributed by atoms with Gasteiger partial charge in [0.25, 0.3) is 0 Å². The summed E-state index contributed by atoms with van der Waals surface area (Å²) < 4.78 is 55.1. The highest BCUT2D eigenvalue weighted by Gasteiger charge is 2.41. The zero-order valence-electron chi connectivity index (χ0n) is 25.0. The molecular formula is C33H35F3N4O4S. The third-order valence-corrected chi connectivity index (χ3v) is 8.93. The summed E-state index contributed by atoms with van der Waals surface area (Å²) in [5.74, 6) is 1.83. The summed E-state index contributed by atoms with van der Waals surface area (Å²) in [7, 11) is 3.16. The van der Waals surface area contributed by atoms with E-state index in [1.165, 1.54) is 24.3 Å². The van der Waals surface area contributed by atoms with Crippen molar-refractivity contribution in [2.45, 2.75) is 54.3 Å². The van der Waals surface area contributed by atoms with Crippen molar-refractivity contribution in [1.82, 2.24) is 9.80 Å². The van der Waals surface area contributed by atoms with E-state index < -0.39 is 5.51 Å². The minimum atomic E-state index is -4.36. The fourth-order valence-electron chi connectivity index (χ4n) is 6.04. The van der Waals surface area contributed by atoms with Gasteiger partial charge in [0, 0.05) is 41.8 Å². The molecule has 0 aliphatic carbocycles. The summed E-state index contributed by atoms with van der Waals surface area (Å²) in [4.78, 5) is 17.4. The molecule has 2 amide bonds. The van der Waals surface area contributed by atoms with Gasteiger partial charge in [-0.2, -0.15) is 18.4 Å². The van der Waals surface area contributed by atoms with Crippen molar-refractivity contribution in [1.29, 1.82) is 5.26 Å². The summed E-state index contributed by atoms with van der Waals surface area (Å²) in [6.07, 6.45) is 3.35. The van der Waals surface area contributed by atoms with Crippen LogP contribution >= 0.6 is 11.8 Å². The summed E-state index contributed by atoms with van der Waals surface area (Å²) >= 11 is -0.181. The molecule has 3 unspecified atom stereocenters. The number of alkyl halides is 3. The maximum absolute atomic E-state index is 13.0. The second kappa shape index (κ2) is 14.3. The average molecular weight is 641 g/mol. The van der Waals surface area contributed by atoms with E-state index in [2.05, 4.69) is 16.3 Å². The van der Waals surface area contributed by atoms with Gasteiger partial charge in [-0.1, -0.05) is 12.1 Å². The molecule has 0 spiro atoms. The molecule has 3 atom stereocenters. The van der Waals surface area contributed by atoms with E-state index in [4.69, 9.17) is 14.2 Å². The lowest BCUT2D eigenvalue weighted by atomic mass is 10.0. The molecule has 0 aromatic heterocycles. The Hall–Kier alpha value is -4.08. The Balaban J connectivity index is 1.18. The number of benzene rings is 3. The molecule has 2 aliphatic rings. The second-order valence-corrected chi connectivity index (χ2v) is 12.2. The average Bonchev–Trinajstić information content (AvgIpc) is 3.26. The zero-order valence-corrected chi connectivity index (χ0v) is 25.9. The van der Waals surface area contributed by atoms with E-state index in [9.17, 15) is 23.2 Å². The summed E-state index contributed by atoms with van der Waals surface area (Å²) in [6, 6.07) is 21.0. The summed E-state index contributed by atoms with van der Waals surface area (Å²) in [5, 5.41) is 12.1. The van der Waals surface area contributed by atoms with Gasteiger partial charge in [0.05, 0.1) is 25.9 Å². The number of halogens is 3. The Kier molecular flexibility index (Phi) is 10.3. The summed E-state index contributed by atoms with van der Waals surface area (Å²) in [5.41, 5.74) is -2.34. The SMILES string of the molecule is COc1ccc(OC(CCCN2C3CCC2CN(C(=O)Nc2ccc(SC(F)(F)F)cc2)C3)c2ccc(C#N)cc2)cc1OC. The first kappa shape index (κ1) is 32.3. The number of urea groups is 1. The Morgan fingerprint density at radius 3 is 2.27 bits per heavy atom. The molecule has 238 valence electrons. The third kappa shape index (κ3) is 8.35. The first-order valence-corrected chi connectivity index (χ1v) is 15.5. The number of nitrogens with zero attached hydrogens (tertiary/aromatic N) is 3. The van der Waals surface area contributed by atoms with Crippen LogP contribution in [0.3, 0.4) is 0 Å². The molecule has 0 radical (unpaired) electrons. The van der Waals surface area contributed by atoms with Gasteiger partial charge in [-0.3, -0.25) is 4.90 Å². The van der Waals surface area contributed by atoms with Crippen LogP contribution in [0.25, 0.3) is 0 Å². The molecule has 2 saturated heterocycles. The maximum Gasteiger partial charge on any atom is 0.446 e. The number of piperazine rings is 1. The van der Waals surface area contributed by atoms with E-state index in [1.807, 2.05) is 18.2 Å². The Morgan fingerprint density at radius 1 is 1.00 bits per heavy atom. The molecular weight excluding hydrogens is 605 g/mol. The number of thioether (sulfide) groups is 1. The van der Waals surface area contributed by atoms with Crippen molar-refractivity contribution in [3.8, 4) is 23.3 Å². The minimum Gasteiger partial charge on any atom is -0.493 e. The van der Waals surface area contributed by atoms with Gasteiger partial charge in [0.15, 0.2) is 11.5 Å². The van der Waals surface area contributed by atoms with Gasteiger partial charge in [0.1, 0.15) is 11.9 Å². The number of methoxy groups -OCH3 is 2. The van der Waals surface area contributed by atoms with Crippen LogP contribution < -0.4 is 19.5 Å². The number of fused-ring (bicyclic) bond motifs is 2. The van der Waals surface area contributed by atoms with Gasteiger partial charge in [0.2, 0.25) is 0 Å². The van der Waals surface area contributed by atoms with Gasteiger partial charge in [-0.05, 0) is 98.1 Å². The van der Waals surface area contributed by atoms with Gasteiger partial charge < -0.3 is 24.4 Å². The molecule has 2 bridgehead atoms. The fraction of sp³-hybridized carbons (Fsp3) is 0.394. The molecule has 5 rings (SSSR count). The lowest BCUT2D eigenvalue weighted by Gasteiger charge is -2.41. The highest BCUT2D eigenvalue weighted by atomic mass is 32.2. The van der Waals surface area contributed by atoms with Crippen molar-refractivity contribution in [3.05, 3.63) is 77.9 Å². The topological polar surface area (TPSA) is 87.1 Å². The molecule has 45 heavy (non-hydrogen) atoms. The Labute approximate surface area is 265 Å². The fourth-order valence-corrected chi connectivity index (χ4v) is 6.58. The predicted octanol–water partition coefficient (Wildman–Crippen LogP) is 7.47. The molecule has 2 aliphatic heterocycles. The number of hydrogen-bond acceptors (Lipinski definition) is 7. The monoisotopic (exact) mass is 640 g/mol. The number of ether oxygens (including phenoxy) is 3. The van der Waals surface area contributed by atoms with Crippen LogP contribution in [0, 0.1) is 11.3 Å². The summed E-state index contributed by atoms with van der Waals surface area (Å²) in [6.45, 7) is 2.03. The number of rotatable bonds is 11. The second-order valence-electron chi connectivity index (χ2n) is 11.0. The van der Waals surface area contributed by atoms with Crippen molar-refractivity contribution in [2.75, 3.05) is 39.2 Å². The molecule has 0 saturated carbocycles. The standard InChI is InChI=1S/C33H35F3N4O4S/c1-42-30-16-13-27(18-31(30)43-2)44-29(23-7-5-22(19-37)6-8-23)4-3-17-40-25-11-12-26(40)21-39(20-25)32(41)38-24-9-14-28(15-10-24)45-33(34,35)36/h5-10,13-16,18,25-26,29H,3-4,11-12,17,20-21H2,1-2H3,(H,38,41). The first-order valence-electron chi connectivity index (χ1n) is 14.7. The van der Waals surface area contributed by atoms with E-state index in [0.717, 1.165) is 37.8 Å². The number of anilines is 1. The zero-order chi connectivity index (χ0) is 32.0. The molecule has 3 aromatic rings. The van der Waals surface area contributed by atoms with Crippen molar-refractivity contribution < 1.29 is 32.2 Å². The van der Waals surface area contributed by atoms with Crippen molar-refractivity contribution in [3.63, 3.8) is 0 Å².